The third-order valence-electron chi connectivity index (χ3n) is 2.97. The van der Waals surface area contributed by atoms with E-state index in [0.29, 0.717) is 17.7 Å². The Bertz CT molecular complexity index is 700. The summed E-state index contributed by atoms with van der Waals surface area (Å²) in [5.74, 6) is -0.508. The Morgan fingerprint density at radius 1 is 1.43 bits per heavy atom. The zero-order chi connectivity index (χ0) is 15.4. The molecule has 0 saturated carbocycles. The van der Waals surface area contributed by atoms with Crippen LogP contribution in [0.3, 0.4) is 0 Å². The summed E-state index contributed by atoms with van der Waals surface area (Å²) in [6.45, 7) is 1.83. The van der Waals surface area contributed by atoms with Crippen molar-refractivity contribution in [3.63, 3.8) is 0 Å². The lowest BCUT2D eigenvalue weighted by Crippen LogP contribution is -2.15. The summed E-state index contributed by atoms with van der Waals surface area (Å²) >= 11 is 0. The Kier molecular flexibility index (Phi) is 4.13. The Morgan fingerprint density at radius 3 is 2.81 bits per heavy atom. The second-order valence-corrected chi connectivity index (χ2v) is 4.35. The molecule has 1 aromatic heterocycles. The van der Waals surface area contributed by atoms with Crippen molar-refractivity contribution in [2.45, 2.75) is 13.3 Å². The molecule has 1 amide bonds. The van der Waals surface area contributed by atoms with Crippen LogP contribution in [0.25, 0.3) is 0 Å². The minimum absolute atomic E-state index is 0.0238. The number of hydrogen-bond acceptors (Lipinski definition) is 5. The van der Waals surface area contributed by atoms with Gasteiger partial charge in [-0.1, -0.05) is 13.0 Å². The predicted octanol–water partition coefficient (Wildman–Crippen LogP) is 2.39. The zero-order valence-electron chi connectivity index (χ0n) is 11.4. The van der Waals surface area contributed by atoms with Gasteiger partial charge in [-0.25, -0.2) is 4.98 Å². The Hall–Kier alpha value is -2.96. The molecule has 0 bridgehead atoms. The maximum atomic E-state index is 12.0. The van der Waals surface area contributed by atoms with Gasteiger partial charge >= 0.3 is 0 Å². The highest BCUT2D eigenvalue weighted by Gasteiger charge is 2.16. The Morgan fingerprint density at radius 2 is 2.19 bits per heavy atom. The van der Waals surface area contributed by atoms with Crippen LogP contribution in [0.4, 0.5) is 17.1 Å². The summed E-state index contributed by atoms with van der Waals surface area (Å²) in [7, 11) is 0. The van der Waals surface area contributed by atoms with E-state index in [-0.39, 0.29) is 17.1 Å². The smallest absolute Gasteiger partial charge is 0.276 e. The van der Waals surface area contributed by atoms with Crippen molar-refractivity contribution in [2.75, 3.05) is 11.1 Å². The van der Waals surface area contributed by atoms with E-state index in [1.165, 1.54) is 12.3 Å². The van der Waals surface area contributed by atoms with Crippen molar-refractivity contribution in [1.82, 2.24) is 4.98 Å². The number of benzene rings is 1. The number of hydrogen-bond donors (Lipinski definition) is 2. The fourth-order valence-corrected chi connectivity index (χ4v) is 1.91. The topological polar surface area (TPSA) is 111 Å². The van der Waals surface area contributed by atoms with Crippen molar-refractivity contribution >= 4 is 23.0 Å². The molecular weight excluding hydrogens is 272 g/mol. The van der Waals surface area contributed by atoms with Crippen LogP contribution in [-0.2, 0) is 6.42 Å². The summed E-state index contributed by atoms with van der Waals surface area (Å²) in [6.07, 6.45) is 1.99. The van der Waals surface area contributed by atoms with E-state index < -0.39 is 10.8 Å². The number of nitro benzene ring substituents is 1. The third kappa shape index (κ3) is 3.14. The fraction of sp³-hybridized carbons (Fsp3) is 0.143. The number of nitrogens with two attached hydrogens (primary N) is 1. The first-order chi connectivity index (χ1) is 10.0. The molecule has 0 spiro atoms. The van der Waals surface area contributed by atoms with E-state index in [0.717, 1.165) is 0 Å². The highest BCUT2D eigenvalue weighted by molar-refractivity contribution is 6.06. The molecule has 0 radical (unpaired) electrons. The molecule has 0 atom stereocenters. The quantitative estimate of drug-likeness (QED) is 0.662. The normalized spacial score (nSPS) is 10.1. The van der Waals surface area contributed by atoms with E-state index >= 15 is 0 Å². The first kappa shape index (κ1) is 14.4. The number of nitrogens with zero attached hydrogens (tertiary/aromatic N) is 2. The van der Waals surface area contributed by atoms with Crippen LogP contribution >= 0.6 is 0 Å². The van der Waals surface area contributed by atoms with Crippen LogP contribution < -0.4 is 11.1 Å². The number of amides is 1. The van der Waals surface area contributed by atoms with Crippen LogP contribution in [0, 0.1) is 10.1 Å². The van der Waals surface area contributed by atoms with Crippen molar-refractivity contribution in [2.24, 2.45) is 0 Å². The largest absolute Gasteiger partial charge is 0.397 e. The number of carbonyl (C=O) groups excluding carboxylic acids is 1. The van der Waals surface area contributed by atoms with Gasteiger partial charge in [0.2, 0.25) is 0 Å². The molecule has 0 aliphatic rings. The van der Waals surface area contributed by atoms with Gasteiger partial charge in [0.25, 0.3) is 11.6 Å². The van der Waals surface area contributed by atoms with Crippen molar-refractivity contribution in [1.29, 1.82) is 0 Å². The molecule has 3 N–H and O–H groups in total. The lowest BCUT2D eigenvalue weighted by atomic mass is 10.1. The van der Waals surface area contributed by atoms with Gasteiger partial charge < -0.3 is 11.1 Å². The van der Waals surface area contributed by atoms with Crippen molar-refractivity contribution in [3.05, 3.63) is 57.9 Å². The monoisotopic (exact) mass is 286 g/mol. The van der Waals surface area contributed by atoms with Crippen molar-refractivity contribution < 1.29 is 9.72 Å². The number of aromatic nitrogens is 1. The van der Waals surface area contributed by atoms with Gasteiger partial charge in [-0.3, -0.25) is 14.9 Å². The average molecular weight is 286 g/mol. The highest BCUT2D eigenvalue weighted by Crippen LogP contribution is 2.24. The van der Waals surface area contributed by atoms with Gasteiger partial charge in [0.05, 0.1) is 10.6 Å². The fourth-order valence-electron chi connectivity index (χ4n) is 1.91. The second kappa shape index (κ2) is 6.00. The number of rotatable bonds is 4. The molecular formula is C14H14N4O3. The van der Waals surface area contributed by atoms with Gasteiger partial charge in [-0.2, -0.15) is 0 Å². The number of nitro groups is 1. The summed E-state index contributed by atoms with van der Waals surface area (Å²) < 4.78 is 0. The minimum Gasteiger partial charge on any atom is -0.397 e. The minimum atomic E-state index is -0.508. The summed E-state index contributed by atoms with van der Waals surface area (Å²) in [5, 5.41) is 13.6. The molecule has 0 saturated heterocycles. The highest BCUT2D eigenvalue weighted by atomic mass is 16.6. The molecule has 1 aromatic carbocycles. The van der Waals surface area contributed by atoms with Crippen LogP contribution in [0.5, 0.6) is 0 Å². The molecule has 0 unspecified atom stereocenters. The Balaban J connectivity index is 2.28. The number of aryl methyl sites for hydroxylation is 1. The predicted molar refractivity (Wildman–Crippen MR) is 79.1 cm³/mol. The maximum Gasteiger partial charge on any atom is 0.276 e. The van der Waals surface area contributed by atoms with Gasteiger partial charge in [-0.15, -0.1) is 0 Å². The molecule has 0 aliphatic heterocycles. The van der Waals surface area contributed by atoms with E-state index in [1.54, 1.807) is 24.3 Å². The number of carbonyl (C=O) groups is 1. The first-order valence-corrected chi connectivity index (χ1v) is 6.32. The summed E-state index contributed by atoms with van der Waals surface area (Å²) in [6, 6.07) is 7.74. The van der Waals surface area contributed by atoms with Gasteiger partial charge in [0.15, 0.2) is 5.69 Å². The van der Waals surface area contributed by atoms with E-state index in [2.05, 4.69) is 10.3 Å². The molecule has 1 heterocycles. The van der Waals surface area contributed by atoms with E-state index in [9.17, 15) is 14.9 Å². The molecule has 7 heteroatoms. The lowest BCUT2D eigenvalue weighted by molar-refractivity contribution is -0.385. The van der Waals surface area contributed by atoms with Crippen LogP contribution in [0.15, 0.2) is 36.5 Å². The number of nitrogens with one attached hydrogen (secondary N) is 1. The first-order valence-electron chi connectivity index (χ1n) is 6.32. The molecule has 108 valence electrons. The number of anilines is 2. The molecule has 0 aliphatic carbocycles. The van der Waals surface area contributed by atoms with Crippen molar-refractivity contribution in [3.8, 4) is 0 Å². The van der Waals surface area contributed by atoms with Crippen LogP contribution in [-0.4, -0.2) is 15.8 Å². The molecule has 0 fully saturated rings. The van der Waals surface area contributed by atoms with Crippen LogP contribution in [0.1, 0.15) is 23.0 Å². The maximum absolute atomic E-state index is 12.0. The lowest BCUT2D eigenvalue weighted by Gasteiger charge is -2.07. The van der Waals surface area contributed by atoms with Gasteiger partial charge in [-0.05, 0) is 24.6 Å². The zero-order valence-corrected chi connectivity index (χ0v) is 11.4. The van der Waals surface area contributed by atoms with Crippen LogP contribution in [0.2, 0.25) is 0 Å². The second-order valence-electron chi connectivity index (χ2n) is 4.35. The third-order valence-corrected chi connectivity index (χ3v) is 2.97. The van der Waals surface area contributed by atoms with Gasteiger partial charge in [0.1, 0.15) is 0 Å². The molecule has 2 rings (SSSR count). The number of pyridine rings is 1. The Labute approximate surface area is 121 Å². The van der Waals surface area contributed by atoms with Gasteiger partial charge in [0, 0.05) is 23.5 Å². The molecule has 21 heavy (non-hydrogen) atoms. The molecule has 2 aromatic rings. The summed E-state index contributed by atoms with van der Waals surface area (Å²) in [5.41, 5.74) is 6.91. The van der Waals surface area contributed by atoms with E-state index in [1.807, 2.05) is 6.92 Å². The standard InChI is InChI=1S/C14H14N4O3/c1-2-9-5-6-10(8-12(9)18(20)21)17-14(19)13-11(15)4-3-7-16-13/h3-8H,2,15H2,1H3,(H,17,19). The summed E-state index contributed by atoms with van der Waals surface area (Å²) in [4.78, 5) is 26.5. The SMILES string of the molecule is CCc1ccc(NC(=O)c2ncccc2N)cc1[N+](=O)[O-]. The average Bonchev–Trinajstić information content (AvgIpc) is 2.47. The van der Waals surface area contributed by atoms with E-state index in [4.69, 9.17) is 5.73 Å². The molecule has 7 nitrogen and oxygen atoms in total. The number of nitrogen functional groups attached to an aromatic ring is 1.